The van der Waals surface area contributed by atoms with Crippen LogP contribution in [0.4, 0.5) is 0 Å². The Bertz CT molecular complexity index is 894. The van der Waals surface area contributed by atoms with Crippen LogP contribution in [-0.2, 0) is 0 Å². The third-order valence-electron chi connectivity index (χ3n) is 6.64. The second-order valence-corrected chi connectivity index (χ2v) is 36.4. The molecule has 0 bridgehead atoms. The summed E-state index contributed by atoms with van der Waals surface area (Å²) >= 11 is -2.79. The number of hydrogen-bond donors (Lipinski definition) is 0. The molecular formula is C28H51BSi2Sn. The zero-order valence-corrected chi connectivity index (χ0v) is 29.1. The van der Waals surface area contributed by atoms with Crippen LogP contribution in [0.5, 0.6) is 0 Å². The van der Waals surface area contributed by atoms with Crippen LogP contribution in [0, 0.1) is 33.8 Å². The molecule has 1 aliphatic heterocycles. The molecular weight excluding hydrogens is 522 g/mol. The molecule has 1 aliphatic rings. The van der Waals surface area contributed by atoms with Crippen molar-refractivity contribution in [1.82, 2.24) is 0 Å². The van der Waals surface area contributed by atoms with Gasteiger partial charge in [0.05, 0.1) is 0 Å². The van der Waals surface area contributed by atoms with E-state index in [1.807, 2.05) is 6.42 Å². The molecule has 4 heteroatoms. The monoisotopic (exact) mass is 574 g/mol. The van der Waals surface area contributed by atoms with E-state index >= 15 is 0 Å². The van der Waals surface area contributed by atoms with Crippen LogP contribution in [-0.4, -0.2) is 41.2 Å². The van der Waals surface area contributed by atoms with Gasteiger partial charge in [-0.05, 0) is 0 Å². The van der Waals surface area contributed by atoms with E-state index in [4.69, 9.17) is 0 Å². The molecule has 0 spiro atoms. The average molecular weight is 573 g/mol. The van der Waals surface area contributed by atoms with E-state index in [0.29, 0.717) is 6.71 Å². The van der Waals surface area contributed by atoms with Gasteiger partial charge in [-0.3, -0.25) is 0 Å². The standard InChI is InChI=1S/C26H45BSi2.2CH3.Sn/c1-14-23(21-28(10,11)19-17-25(4,5)6)24(27(15-2)16-3)22-29(12,13)20-18-26(7,8)9;;;/h14-16H2,1-13H3;2*1H3;. The van der Waals surface area contributed by atoms with Crippen molar-refractivity contribution in [2.75, 3.05) is 0 Å². The summed E-state index contributed by atoms with van der Waals surface area (Å²) in [4.78, 5) is 5.43. The summed E-state index contributed by atoms with van der Waals surface area (Å²) in [5.74, 6) is 7.35. The summed E-state index contributed by atoms with van der Waals surface area (Å²) in [6, 6.07) is 0. The summed E-state index contributed by atoms with van der Waals surface area (Å²) in [5, 5.41) is 0. The van der Waals surface area contributed by atoms with Gasteiger partial charge in [-0.25, -0.2) is 0 Å². The SMILES string of the molecule is CCB(CC)C1=[C]([Si](C)(C)C#CC(C)(C)C)[Sn]([CH3])([CH3])[C]([Si](C)(C)C#CC(C)(C)C)=C1CC. The van der Waals surface area contributed by atoms with E-state index in [0.717, 1.165) is 6.42 Å². The Morgan fingerprint density at radius 3 is 1.41 bits per heavy atom. The summed E-state index contributed by atoms with van der Waals surface area (Å²) < 4.78 is 3.82. The normalized spacial score (nSPS) is 17.1. The van der Waals surface area contributed by atoms with Crippen molar-refractivity contribution in [3.8, 4) is 22.9 Å². The molecule has 0 aromatic heterocycles. The summed E-state index contributed by atoms with van der Waals surface area (Å²) in [6.07, 6.45) is 3.64. The van der Waals surface area contributed by atoms with Crippen molar-refractivity contribution >= 4 is 41.2 Å². The van der Waals surface area contributed by atoms with Gasteiger partial charge in [-0.1, -0.05) is 0 Å². The molecule has 0 nitrogen and oxygen atoms in total. The van der Waals surface area contributed by atoms with Crippen molar-refractivity contribution in [2.24, 2.45) is 10.8 Å². The maximum absolute atomic E-state index is 3.94. The Labute approximate surface area is 208 Å². The van der Waals surface area contributed by atoms with E-state index in [1.165, 1.54) is 12.6 Å². The fourth-order valence-corrected chi connectivity index (χ4v) is 49.6. The summed E-state index contributed by atoms with van der Waals surface area (Å²) in [6.45, 7) is 31.6. The third kappa shape index (κ3) is 6.96. The van der Waals surface area contributed by atoms with Crippen molar-refractivity contribution in [2.45, 2.75) is 117 Å². The maximum atomic E-state index is 3.94. The predicted octanol–water partition coefficient (Wildman–Crippen LogP) is 8.54. The van der Waals surface area contributed by atoms with Gasteiger partial charge in [0, 0.05) is 0 Å². The molecule has 0 aromatic carbocycles. The van der Waals surface area contributed by atoms with Gasteiger partial charge in [0.25, 0.3) is 0 Å². The van der Waals surface area contributed by atoms with Gasteiger partial charge in [0.15, 0.2) is 0 Å². The molecule has 0 amide bonds. The Hall–Kier alpha value is -0.103. The second kappa shape index (κ2) is 10.3. The topological polar surface area (TPSA) is 0 Å². The van der Waals surface area contributed by atoms with Crippen LogP contribution in [0.25, 0.3) is 0 Å². The first-order valence-corrected chi connectivity index (χ1v) is 27.4. The van der Waals surface area contributed by atoms with Gasteiger partial charge < -0.3 is 0 Å². The molecule has 32 heavy (non-hydrogen) atoms. The van der Waals surface area contributed by atoms with Gasteiger partial charge in [-0.15, -0.1) is 0 Å². The van der Waals surface area contributed by atoms with Crippen molar-refractivity contribution in [3.05, 3.63) is 17.5 Å². The van der Waals surface area contributed by atoms with Crippen LogP contribution < -0.4 is 0 Å². The zero-order valence-electron chi connectivity index (χ0n) is 24.2. The molecule has 0 saturated carbocycles. The fourth-order valence-electron chi connectivity index (χ4n) is 5.73. The van der Waals surface area contributed by atoms with Crippen LogP contribution in [0.15, 0.2) is 17.5 Å². The molecule has 0 saturated heterocycles. The molecule has 0 aliphatic carbocycles. The quantitative estimate of drug-likeness (QED) is 0.221. The minimum atomic E-state index is -2.79. The molecule has 0 atom stereocenters. The molecule has 0 radical (unpaired) electrons. The molecule has 0 fully saturated rings. The van der Waals surface area contributed by atoms with Crippen molar-refractivity contribution < 1.29 is 0 Å². The second-order valence-electron chi connectivity index (χ2n) is 13.4. The van der Waals surface area contributed by atoms with Crippen LogP contribution in [0.1, 0.15) is 68.7 Å². The van der Waals surface area contributed by atoms with E-state index in [9.17, 15) is 0 Å². The summed E-state index contributed by atoms with van der Waals surface area (Å²) in [7, 11) is -3.72. The van der Waals surface area contributed by atoms with Gasteiger partial charge >= 0.3 is 210 Å². The summed E-state index contributed by atoms with van der Waals surface area (Å²) in [5.41, 5.74) is 11.5. The Balaban J connectivity index is 3.99. The number of rotatable bonds is 6. The Morgan fingerprint density at radius 2 is 1.09 bits per heavy atom. The van der Waals surface area contributed by atoms with Gasteiger partial charge in [0.2, 0.25) is 0 Å². The van der Waals surface area contributed by atoms with Crippen molar-refractivity contribution in [3.63, 3.8) is 0 Å². The number of hydrogen-bond acceptors (Lipinski definition) is 0. The van der Waals surface area contributed by atoms with E-state index in [2.05, 4.69) is 121 Å². The first-order chi connectivity index (χ1) is 14.2. The number of allylic oxidation sites excluding steroid dienone is 2. The molecule has 0 aromatic rings. The first-order valence-electron chi connectivity index (χ1n) is 12.8. The van der Waals surface area contributed by atoms with E-state index in [1.54, 1.807) is 11.0 Å². The van der Waals surface area contributed by atoms with Crippen molar-refractivity contribution in [1.29, 1.82) is 0 Å². The molecule has 0 N–H and O–H groups in total. The minimum absolute atomic E-state index is 0.0637. The Kier molecular flexibility index (Phi) is 9.59. The van der Waals surface area contributed by atoms with Crippen LogP contribution in [0.3, 0.4) is 0 Å². The van der Waals surface area contributed by atoms with E-state index < -0.39 is 34.5 Å². The first kappa shape index (κ1) is 29.9. The molecule has 1 rings (SSSR count). The van der Waals surface area contributed by atoms with Crippen LogP contribution in [0.2, 0.25) is 48.7 Å². The molecule has 178 valence electrons. The Morgan fingerprint density at radius 1 is 0.719 bits per heavy atom. The zero-order chi connectivity index (χ0) is 25.3. The van der Waals surface area contributed by atoms with E-state index in [-0.39, 0.29) is 10.8 Å². The van der Waals surface area contributed by atoms with Gasteiger partial charge in [0.1, 0.15) is 0 Å². The predicted molar refractivity (Wildman–Crippen MR) is 158 cm³/mol. The van der Waals surface area contributed by atoms with Crippen LogP contribution >= 0.6 is 0 Å². The molecule has 0 unspecified atom stereocenters. The molecule has 1 heterocycles. The average Bonchev–Trinajstić information content (AvgIpc) is 2.86. The third-order valence-corrected chi connectivity index (χ3v) is 39.1. The van der Waals surface area contributed by atoms with Gasteiger partial charge in [-0.2, -0.15) is 0 Å². The fraction of sp³-hybridized carbons (Fsp3) is 0.714.